The van der Waals surface area contributed by atoms with Gasteiger partial charge in [-0.05, 0) is 53.9 Å². The third-order valence-electron chi connectivity index (χ3n) is 4.93. The molecule has 5 nitrogen and oxygen atoms in total. The second-order valence-electron chi connectivity index (χ2n) is 6.95. The van der Waals surface area contributed by atoms with Crippen LogP contribution in [0.1, 0.15) is 35.3 Å². The van der Waals surface area contributed by atoms with Gasteiger partial charge in [0.2, 0.25) is 10.0 Å². The SMILES string of the molecule is CCc1ccc(NC(=O)c2ccc(CN(CC)S(=O)(=O)c3ccccc3)cc2)cc1. The number of benzene rings is 3. The fourth-order valence-corrected chi connectivity index (χ4v) is 4.56. The molecule has 156 valence electrons. The van der Waals surface area contributed by atoms with Crippen molar-refractivity contribution in [2.24, 2.45) is 0 Å². The van der Waals surface area contributed by atoms with Gasteiger partial charge in [0.15, 0.2) is 0 Å². The largest absolute Gasteiger partial charge is 0.322 e. The monoisotopic (exact) mass is 422 g/mol. The summed E-state index contributed by atoms with van der Waals surface area (Å²) >= 11 is 0. The second kappa shape index (κ2) is 9.69. The van der Waals surface area contributed by atoms with Crippen LogP contribution in [0.3, 0.4) is 0 Å². The molecule has 0 aliphatic carbocycles. The van der Waals surface area contributed by atoms with Gasteiger partial charge >= 0.3 is 0 Å². The number of nitrogens with one attached hydrogen (secondary N) is 1. The number of carbonyl (C=O) groups excluding carboxylic acids is 1. The van der Waals surface area contributed by atoms with E-state index in [2.05, 4.69) is 12.2 Å². The Hall–Kier alpha value is -2.96. The van der Waals surface area contributed by atoms with E-state index in [9.17, 15) is 13.2 Å². The van der Waals surface area contributed by atoms with Gasteiger partial charge in [-0.1, -0.05) is 56.3 Å². The van der Waals surface area contributed by atoms with Gasteiger partial charge in [-0.3, -0.25) is 4.79 Å². The first-order chi connectivity index (χ1) is 14.4. The van der Waals surface area contributed by atoms with Crippen LogP contribution in [0, 0.1) is 0 Å². The molecule has 0 unspecified atom stereocenters. The molecule has 3 aromatic rings. The van der Waals surface area contributed by atoms with E-state index in [0.717, 1.165) is 17.7 Å². The molecule has 0 atom stereocenters. The van der Waals surface area contributed by atoms with E-state index >= 15 is 0 Å². The van der Waals surface area contributed by atoms with Crippen molar-refractivity contribution in [1.82, 2.24) is 4.31 Å². The summed E-state index contributed by atoms with van der Waals surface area (Å²) in [5.74, 6) is -0.199. The first kappa shape index (κ1) is 21.7. The maximum atomic E-state index is 12.9. The van der Waals surface area contributed by atoms with E-state index < -0.39 is 10.0 Å². The van der Waals surface area contributed by atoms with Crippen LogP contribution in [0.15, 0.2) is 83.8 Å². The quantitative estimate of drug-likeness (QED) is 0.572. The van der Waals surface area contributed by atoms with Crippen LogP contribution in [0.2, 0.25) is 0 Å². The van der Waals surface area contributed by atoms with Crippen LogP contribution in [0.5, 0.6) is 0 Å². The Kier molecular flexibility index (Phi) is 7.03. The Balaban J connectivity index is 1.69. The van der Waals surface area contributed by atoms with Gasteiger partial charge in [0.1, 0.15) is 0 Å². The van der Waals surface area contributed by atoms with Crippen LogP contribution in [-0.4, -0.2) is 25.2 Å². The molecule has 0 fully saturated rings. The summed E-state index contributed by atoms with van der Waals surface area (Å²) in [4.78, 5) is 12.8. The summed E-state index contributed by atoms with van der Waals surface area (Å²) < 4.78 is 27.1. The Bertz CT molecular complexity index is 1080. The number of anilines is 1. The molecule has 0 saturated carbocycles. The topological polar surface area (TPSA) is 66.5 Å². The zero-order valence-electron chi connectivity index (χ0n) is 17.2. The van der Waals surface area contributed by atoms with Crippen LogP contribution in [0.25, 0.3) is 0 Å². The first-order valence-electron chi connectivity index (χ1n) is 9.98. The average molecular weight is 423 g/mol. The number of sulfonamides is 1. The summed E-state index contributed by atoms with van der Waals surface area (Å²) in [6.45, 7) is 4.49. The van der Waals surface area contributed by atoms with Crippen LogP contribution < -0.4 is 5.32 Å². The Morgan fingerprint density at radius 3 is 2.00 bits per heavy atom. The molecule has 1 N–H and O–H groups in total. The van der Waals surface area contributed by atoms with Crippen molar-refractivity contribution in [1.29, 1.82) is 0 Å². The molecule has 0 bridgehead atoms. The van der Waals surface area contributed by atoms with E-state index in [1.807, 2.05) is 31.2 Å². The number of hydrogen-bond acceptors (Lipinski definition) is 3. The van der Waals surface area contributed by atoms with Gasteiger partial charge in [0.05, 0.1) is 4.90 Å². The number of carbonyl (C=O) groups is 1. The second-order valence-corrected chi connectivity index (χ2v) is 8.88. The number of hydrogen-bond donors (Lipinski definition) is 1. The third kappa shape index (κ3) is 5.14. The summed E-state index contributed by atoms with van der Waals surface area (Å²) in [6, 6.07) is 23.2. The minimum Gasteiger partial charge on any atom is -0.322 e. The highest BCUT2D eigenvalue weighted by atomic mass is 32.2. The lowest BCUT2D eigenvalue weighted by atomic mass is 10.1. The fraction of sp³-hybridized carbons (Fsp3) is 0.208. The van der Waals surface area contributed by atoms with Gasteiger partial charge in [-0.15, -0.1) is 0 Å². The number of rotatable bonds is 8. The maximum Gasteiger partial charge on any atom is 0.255 e. The minimum absolute atomic E-state index is 0.199. The van der Waals surface area contributed by atoms with Gasteiger partial charge in [0.25, 0.3) is 5.91 Å². The smallest absolute Gasteiger partial charge is 0.255 e. The number of amides is 1. The predicted molar refractivity (Wildman–Crippen MR) is 120 cm³/mol. The molecule has 0 saturated heterocycles. The lowest BCUT2D eigenvalue weighted by molar-refractivity contribution is 0.102. The van der Waals surface area contributed by atoms with E-state index in [1.54, 1.807) is 54.6 Å². The van der Waals surface area contributed by atoms with Crippen molar-refractivity contribution in [2.45, 2.75) is 31.7 Å². The number of nitrogens with zero attached hydrogens (tertiary/aromatic N) is 1. The molecule has 0 heterocycles. The summed E-state index contributed by atoms with van der Waals surface area (Å²) in [5, 5.41) is 2.88. The minimum atomic E-state index is -3.57. The van der Waals surface area contributed by atoms with Gasteiger partial charge in [-0.2, -0.15) is 4.31 Å². The summed E-state index contributed by atoms with van der Waals surface area (Å²) in [7, 11) is -3.57. The Morgan fingerprint density at radius 1 is 0.833 bits per heavy atom. The van der Waals surface area contributed by atoms with Crippen molar-refractivity contribution in [3.05, 3.63) is 95.6 Å². The van der Waals surface area contributed by atoms with E-state index in [1.165, 1.54) is 9.87 Å². The van der Waals surface area contributed by atoms with E-state index in [4.69, 9.17) is 0 Å². The lowest BCUT2D eigenvalue weighted by Gasteiger charge is -2.20. The fourth-order valence-electron chi connectivity index (χ4n) is 3.10. The molecule has 30 heavy (non-hydrogen) atoms. The van der Waals surface area contributed by atoms with Crippen molar-refractivity contribution in [3.8, 4) is 0 Å². The van der Waals surface area contributed by atoms with Crippen molar-refractivity contribution in [3.63, 3.8) is 0 Å². The summed E-state index contributed by atoms with van der Waals surface area (Å²) in [6.07, 6.45) is 0.949. The van der Waals surface area contributed by atoms with Crippen molar-refractivity contribution < 1.29 is 13.2 Å². The van der Waals surface area contributed by atoms with Crippen molar-refractivity contribution in [2.75, 3.05) is 11.9 Å². The molecule has 0 radical (unpaired) electrons. The standard InChI is InChI=1S/C24H26N2O3S/c1-3-19-12-16-22(17-13-19)25-24(27)21-14-10-20(11-15-21)18-26(4-2)30(28,29)23-8-6-5-7-9-23/h5-17H,3-4,18H2,1-2H3,(H,25,27). The van der Waals surface area contributed by atoms with Crippen LogP contribution in [-0.2, 0) is 23.0 Å². The molecule has 0 aliphatic heterocycles. The molecule has 0 aliphatic rings. The lowest BCUT2D eigenvalue weighted by Crippen LogP contribution is -2.30. The molecular formula is C24H26N2O3S. The highest BCUT2D eigenvalue weighted by Crippen LogP contribution is 2.19. The number of aryl methyl sites for hydroxylation is 1. The molecular weight excluding hydrogens is 396 g/mol. The van der Waals surface area contributed by atoms with Crippen LogP contribution >= 0.6 is 0 Å². The van der Waals surface area contributed by atoms with Gasteiger partial charge in [0, 0.05) is 24.3 Å². The Morgan fingerprint density at radius 2 is 1.43 bits per heavy atom. The van der Waals surface area contributed by atoms with E-state index in [0.29, 0.717) is 12.1 Å². The first-order valence-corrected chi connectivity index (χ1v) is 11.4. The molecule has 3 aromatic carbocycles. The molecule has 3 rings (SSSR count). The van der Waals surface area contributed by atoms with E-state index in [-0.39, 0.29) is 17.3 Å². The van der Waals surface area contributed by atoms with Crippen LogP contribution in [0.4, 0.5) is 5.69 Å². The third-order valence-corrected chi connectivity index (χ3v) is 6.86. The molecule has 0 spiro atoms. The summed E-state index contributed by atoms with van der Waals surface area (Å²) in [5.41, 5.74) is 3.29. The molecule has 0 aromatic heterocycles. The average Bonchev–Trinajstić information content (AvgIpc) is 2.78. The highest BCUT2D eigenvalue weighted by molar-refractivity contribution is 7.89. The predicted octanol–water partition coefficient (Wildman–Crippen LogP) is 4.71. The van der Waals surface area contributed by atoms with Gasteiger partial charge < -0.3 is 5.32 Å². The molecule has 6 heteroatoms. The maximum absolute atomic E-state index is 12.9. The zero-order chi connectivity index (χ0) is 21.6. The molecule has 1 amide bonds. The highest BCUT2D eigenvalue weighted by Gasteiger charge is 2.22. The zero-order valence-corrected chi connectivity index (χ0v) is 18.0. The normalized spacial score (nSPS) is 11.4. The Labute approximate surface area is 178 Å². The van der Waals surface area contributed by atoms with Gasteiger partial charge in [-0.25, -0.2) is 8.42 Å². The van der Waals surface area contributed by atoms with Crippen molar-refractivity contribution >= 4 is 21.6 Å².